The summed E-state index contributed by atoms with van der Waals surface area (Å²) in [4.78, 5) is 29.1. The molecule has 3 heterocycles. The second kappa shape index (κ2) is 6.94. The molecule has 3 rings (SSSR count). The van der Waals surface area contributed by atoms with Crippen molar-refractivity contribution in [1.29, 1.82) is 0 Å². The summed E-state index contributed by atoms with van der Waals surface area (Å²) in [6.07, 6.45) is 3.39. The van der Waals surface area contributed by atoms with Crippen LogP contribution in [0.15, 0.2) is 12.5 Å². The van der Waals surface area contributed by atoms with Gasteiger partial charge in [0, 0.05) is 31.4 Å². The Morgan fingerprint density at radius 3 is 2.39 bits per heavy atom. The molecule has 154 valence electrons. The maximum absolute atomic E-state index is 12.6. The lowest BCUT2D eigenvalue weighted by Crippen LogP contribution is -2.59. The van der Waals surface area contributed by atoms with Crippen LogP contribution in [0.25, 0.3) is 11.0 Å². The largest absolute Gasteiger partial charge is 0.444 e. The van der Waals surface area contributed by atoms with Gasteiger partial charge in [-0.05, 0) is 45.6 Å². The molecule has 2 unspecified atom stereocenters. The normalized spacial score (nSPS) is 21.3. The molecule has 28 heavy (non-hydrogen) atoms. The monoisotopic (exact) mass is 387 g/mol. The summed E-state index contributed by atoms with van der Waals surface area (Å²) in [6.45, 7) is 17.7. The van der Waals surface area contributed by atoms with Gasteiger partial charge in [0.1, 0.15) is 23.4 Å². The summed E-state index contributed by atoms with van der Waals surface area (Å²) in [5, 5.41) is 1.07. The van der Waals surface area contributed by atoms with Crippen molar-refractivity contribution in [3.63, 3.8) is 0 Å². The predicted molar refractivity (Wildman–Crippen MR) is 112 cm³/mol. The molecule has 7 nitrogen and oxygen atoms in total. The molecule has 0 bridgehead atoms. The van der Waals surface area contributed by atoms with Crippen LogP contribution in [0, 0.1) is 0 Å². The van der Waals surface area contributed by atoms with Crippen molar-refractivity contribution in [2.75, 3.05) is 18.0 Å². The SMILES string of the molecule is CC1CN(c2ncnc3[nH]cc(C(C)(C)C)c23)C(C)CN1C(=O)OC(C)(C)C. The number of H-pyrrole nitrogens is 1. The van der Waals surface area contributed by atoms with Gasteiger partial charge in [-0.3, -0.25) is 0 Å². The number of aromatic amines is 1. The molecule has 2 aromatic rings. The summed E-state index contributed by atoms with van der Waals surface area (Å²) in [5.41, 5.74) is 1.53. The van der Waals surface area contributed by atoms with Crippen molar-refractivity contribution in [1.82, 2.24) is 19.9 Å². The number of hydrogen-bond donors (Lipinski definition) is 1. The average molecular weight is 388 g/mol. The minimum Gasteiger partial charge on any atom is -0.444 e. The minimum atomic E-state index is -0.497. The Hall–Kier alpha value is -2.31. The molecule has 0 saturated carbocycles. The van der Waals surface area contributed by atoms with E-state index in [1.807, 2.05) is 31.9 Å². The van der Waals surface area contributed by atoms with E-state index >= 15 is 0 Å². The molecule has 1 aliphatic heterocycles. The van der Waals surface area contributed by atoms with Gasteiger partial charge in [0.05, 0.1) is 5.39 Å². The summed E-state index contributed by atoms with van der Waals surface area (Å²) in [5.74, 6) is 0.930. The average Bonchev–Trinajstić information content (AvgIpc) is 2.99. The Kier molecular flexibility index (Phi) is 5.06. The number of nitrogens with zero attached hydrogens (tertiary/aromatic N) is 4. The maximum atomic E-state index is 12.6. The number of ether oxygens (including phenoxy) is 1. The summed E-state index contributed by atoms with van der Waals surface area (Å²) in [6, 6.07) is 0.137. The molecule has 2 atom stereocenters. The van der Waals surface area contributed by atoms with E-state index in [0.29, 0.717) is 13.1 Å². The first-order chi connectivity index (χ1) is 12.9. The van der Waals surface area contributed by atoms with Gasteiger partial charge in [-0.25, -0.2) is 14.8 Å². The van der Waals surface area contributed by atoms with Gasteiger partial charge in [-0.2, -0.15) is 0 Å². The van der Waals surface area contributed by atoms with E-state index in [1.54, 1.807) is 6.33 Å². The smallest absolute Gasteiger partial charge is 0.410 e. The fourth-order valence-corrected chi connectivity index (χ4v) is 3.75. The van der Waals surface area contributed by atoms with Crippen molar-refractivity contribution in [2.24, 2.45) is 0 Å². The van der Waals surface area contributed by atoms with Crippen LogP contribution in [0.3, 0.4) is 0 Å². The van der Waals surface area contributed by atoms with Crippen LogP contribution in [0.2, 0.25) is 0 Å². The van der Waals surface area contributed by atoms with Crippen LogP contribution < -0.4 is 4.90 Å². The lowest BCUT2D eigenvalue weighted by Gasteiger charge is -2.45. The number of nitrogens with one attached hydrogen (secondary N) is 1. The zero-order valence-corrected chi connectivity index (χ0v) is 18.3. The molecule has 1 N–H and O–H groups in total. The molecular weight excluding hydrogens is 354 g/mol. The highest BCUT2D eigenvalue weighted by Gasteiger charge is 2.36. The zero-order chi connectivity index (χ0) is 20.9. The van der Waals surface area contributed by atoms with Gasteiger partial charge < -0.3 is 19.5 Å². The fourth-order valence-electron chi connectivity index (χ4n) is 3.75. The number of anilines is 1. The summed E-state index contributed by atoms with van der Waals surface area (Å²) in [7, 11) is 0. The molecule has 0 spiro atoms. The second-order valence-corrected chi connectivity index (χ2v) is 9.86. The number of aromatic nitrogens is 3. The fraction of sp³-hybridized carbons (Fsp3) is 0.667. The Balaban J connectivity index is 1.92. The Morgan fingerprint density at radius 2 is 1.79 bits per heavy atom. The highest BCUT2D eigenvalue weighted by Crippen LogP contribution is 2.36. The quantitative estimate of drug-likeness (QED) is 0.798. The molecule has 1 amide bonds. The highest BCUT2D eigenvalue weighted by molar-refractivity contribution is 5.92. The lowest BCUT2D eigenvalue weighted by molar-refractivity contribution is 0.0130. The molecule has 1 aliphatic rings. The van der Waals surface area contributed by atoms with Crippen molar-refractivity contribution < 1.29 is 9.53 Å². The third kappa shape index (κ3) is 3.93. The van der Waals surface area contributed by atoms with Crippen molar-refractivity contribution in [3.05, 3.63) is 18.1 Å². The van der Waals surface area contributed by atoms with E-state index in [-0.39, 0.29) is 23.6 Å². The molecule has 0 aliphatic carbocycles. The van der Waals surface area contributed by atoms with Crippen molar-refractivity contribution >= 4 is 22.9 Å². The first kappa shape index (κ1) is 20.4. The van der Waals surface area contributed by atoms with E-state index in [1.165, 1.54) is 5.56 Å². The predicted octanol–water partition coefficient (Wildman–Crippen LogP) is 4.09. The van der Waals surface area contributed by atoms with Crippen LogP contribution in [-0.2, 0) is 10.2 Å². The van der Waals surface area contributed by atoms with Crippen LogP contribution in [0.5, 0.6) is 0 Å². The number of fused-ring (bicyclic) bond motifs is 1. The first-order valence-electron chi connectivity index (χ1n) is 9.97. The van der Waals surface area contributed by atoms with Crippen molar-refractivity contribution in [3.8, 4) is 0 Å². The summed E-state index contributed by atoms with van der Waals surface area (Å²) >= 11 is 0. The van der Waals surface area contributed by atoms with Gasteiger partial charge >= 0.3 is 6.09 Å². The second-order valence-electron chi connectivity index (χ2n) is 9.86. The van der Waals surface area contributed by atoms with Crippen LogP contribution in [0.1, 0.15) is 61.0 Å². The number of rotatable bonds is 1. The number of amides is 1. The van der Waals surface area contributed by atoms with Gasteiger partial charge in [0.15, 0.2) is 0 Å². The molecule has 1 fully saturated rings. The maximum Gasteiger partial charge on any atom is 0.410 e. The molecule has 0 aromatic carbocycles. The van der Waals surface area contributed by atoms with Gasteiger partial charge in [0.2, 0.25) is 0 Å². The van der Waals surface area contributed by atoms with E-state index in [4.69, 9.17) is 4.74 Å². The van der Waals surface area contributed by atoms with Gasteiger partial charge in [-0.1, -0.05) is 20.8 Å². The van der Waals surface area contributed by atoms with Gasteiger partial charge in [0.25, 0.3) is 0 Å². The van der Waals surface area contributed by atoms with Crippen LogP contribution in [0.4, 0.5) is 10.6 Å². The first-order valence-corrected chi connectivity index (χ1v) is 9.97. The van der Waals surface area contributed by atoms with Crippen LogP contribution in [-0.4, -0.2) is 56.7 Å². The third-order valence-electron chi connectivity index (χ3n) is 5.14. The number of hydrogen-bond acceptors (Lipinski definition) is 5. The van der Waals surface area contributed by atoms with E-state index < -0.39 is 5.60 Å². The highest BCUT2D eigenvalue weighted by atomic mass is 16.6. The Labute approximate surface area is 167 Å². The molecule has 1 saturated heterocycles. The van der Waals surface area contributed by atoms with Crippen LogP contribution >= 0.6 is 0 Å². The molecule has 2 aromatic heterocycles. The number of carbonyl (C=O) groups is 1. The Bertz CT molecular complexity index is 862. The van der Waals surface area contributed by atoms with E-state index in [0.717, 1.165) is 16.9 Å². The van der Waals surface area contributed by atoms with Gasteiger partial charge in [-0.15, -0.1) is 0 Å². The molecular formula is C21H33N5O2. The third-order valence-corrected chi connectivity index (χ3v) is 5.14. The molecule has 0 radical (unpaired) electrons. The lowest BCUT2D eigenvalue weighted by atomic mass is 9.87. The van der Waals surface area contributed by atoms with E-state index in [9.17, 15) is 4.79 Å². The number of carbonyl (C=O) groups excluding carboxylic acids is 1. The topological polar surface area (TPSA) is 74.4 Å². The van der Waals surface area contributed by atoms with Crippen molar-refractivity contribution in [2.45, 2.75) is 78.5 Å². The molecule has 7 heteroatoms. The minimum absolute atomic E-state index is 0.0214. The zero-order valence-electron chi connectivity index (χ0n) is 18.3. The number of piperazine rings is 1. The standard InChI is InChI=1S/C21H33N5O2/c1-13-11-26(19(27)28-21(6,7)8)14(2)10-25(13)18-16-15(20(3,4)5)9-22-17(16)23-12-24-18/h9,12-14H,10-11H2,1-8H3,(H,22,23,24). The Morgan fingerprint density at radius 1 is 1.11 bits per heavy atom. The summed E-state index contributed by atoms with van der Waals surface area (Å²) < 4.78 is 5.60. The van der Waals surface area contributed by atoms with E-state index in [2.05, 4.69) is 54.5 Å².